The molecular formula is C22H36IN5O. The molecule has 0 atom stereocenters. The first-order valence-electron chi connectivity index (χ1n) is 10.4. The molecule has 0 bridgehead atoms. The second kappa shape index (κ2) is 11.8. The Kier molecular flexibility index (Phi) is 9.71. The molecular weight excluding hydrogens is 477 g/mol. The minimum atomic E-state index is 0. The molecule has 2 N–H and O–H groups in total. The average molecular weight is 513 g/mol. The van der Waals surface area contributed by atoms with Crippen LogP contribution in [0.4, 0.5) is 5.69 Å². The third-order valence-electron chi connectivity index (χ3n) is 5.41. The molecule has 0 saturated carbocycles. The lowest BCUT2D eigenvalue weighted by Gasteiger charge is -2.41. The van der Waals surface area contributed by atoms with Crippen LogP contribution in [0.1, 0.15) is 26.3 Å². The zero-order valence-corrected chi connectivity index (χ0v) is 20.3. The average Bonchev–Trinajstić information content (AvgIpc) is 3.26. The van der Waals surface area contributed by atoms with E-state index < -0.39 is 0 Å². The lowest BCUT2D eigenvalue weighted by Crippen LogP contribution is -2.56. The number of anilines is 1. The van der Waals surface area contributed by atoms with Crippen molar-refractivity contribution < 1.29 is 4.74 Å². The summed E-state index contributed by atoms with van der Waals surface area (Å²) in [5.41, 5.74) is 2.56. The largest absolute Gasteiger partial charge is 0.379 e. The van der Waals surface area contributed by atoms with Gasteiger partial charge < -0.3 is 20.3 Å². The minimum Gasteiger partial charge on any atom is -0.379 e. The smallest absolute Gasteiger partial charge is 0.191 e. The fraction of sp³-hybridized carbons (Fsp3) is 0.591. The van der Waals surface area contributed by atoms with Crippen molar-refractivity contribution in [2.24, 2.45) is 4.99 Å². The van der Waals surface area contributed by atoms with E-state index in [1.54, 1.807) is 0 Å². The van der Waals surface area contributed by atoms with Gasteiger partial charge in [-0.05, 0) is 38.5 Å². The summed E-state index contributed by atoms with van der Waals surface area (Å²) in [6.45, 7) is 14.6. The second-order valence-electron chi connectivity index (χ2n) is 8.01. The summed E-state index contributed by atoms with van der Waals surface area (Å²) in [6, 6.07) is 8.70. The first-order chi connectivity index (χ1) is 13.6. The first kappa shape index (κ1) is 24.0. The number of hydrogen-bond donors (Lipinski definition) is 2. The number of ether oxygens (including phenoxy) is 1. The molecule has 162 valence electrons. The standard InChI is InChI=1S/C22H35N5O.HI/c1-4-23-21(25-18-22(2,3)27-12-14-28-15-13-27)24-17-19-8-7-9-20(16-19)26-10-5-6-11-26;/h5-9,16H,4,10-15,17-18H2,1-3H3,(H2,23,24,25);1H. The van der Waals surface area contributed by atoms with Crippen molar-refractivity contribution >= 4 is 35.6 Å². The van der Waals surface area contributed by atoms with Crippen LogP contribution in [-0.2, 0) is 11.3 Å². The number of halogens is 1. The van der Waals surface area contributed by atoms with Gasteiger partial charge >= 0.3 is 0 Å². The van der Waals surface area contributed by atoms with Gasteiger partial charge in [0.15, 0.2) is 5.96 Å². The summed E-state index contributed by atoms with van der Waals surface area (Å²) in [4.78, 5) is 9.67. The van der Waals surface area contributed by atoms with E-state index in [0.29, 0.717) is 6.54 Å². The summed E-state index contributed by atoms with van der Waals surface area (Å²) < 4.78 is 5.49. The molecule has 0 amide bonds. The van der Waals surface area contributed by atoms with Gasteiger partial charge in [0.05, 0.1) is 19.8 Å². The Morgan fingerprint density at radius 1 is 1.14 bits per heavy atom. The molecule has 2 aliphatic heterocycles. The fourth-order valence-corrected chi connectivity index (χ4v) is 3.63. The normalized spacial score (nSPS) is 17.9. The van der Waals surface area contributed by atoms with E-state index in [0.717, 1.165) is 58.4 Å². The summed E-state index contributed by atoms with van der Waals surface area (Å²) in [6.07, 6.45) is 4.43. The molecule has 1 aromatic rings. The van der Waals surface area contributed by atoms with Crippen molar-refractivity contribution in [2.45, 2.75) is 32.9 Å². The highest BCUT2D eigenvalue weighted by Gasteiger charge is 2.28. The summed E-state index contributed by atoms with van der Waals surface area (Å²) >= 11 is 0. The van der Waals surface area contributed by atoms with Crippen LogP contribution in [0.3, 0.4) is 0 Å². The van der Waals surface area contributed by atoms with Crippen LogP contribution in [0.5, 0.6) is 0 Å². The topological polar surface area (TPSA) is 52.1 Å². The van der Waals surface area contributed by atoms with E-state index in [-0.39, 0.29) is 29.5 Å². The molecule has 0 radical (unpaired) electrons. The number of morpholine rings is 1. The summed E-state index contributed by atoms with van der Waals surface area (Å²) in [5.74, 6) is 0.872. The van der Waals surface area contributed by atoms with Crippen LogP contribution >= 0.6 is 24.0 Å². The van der Waals surface area contributed by atoms with Gasteiger partial charge in [-0.25, -0.2) is 4.99 Å². The fourth-order valence-electron chi connectivity index (χ4n) is 3.63. The molecule has 0 aromatic heterocycles. The number of nitrogens with one attached hydrogen (secondary N) is 2. The maximum absolute atomic E-state index is 5.49. The highest BCUT2D eigenvalue weighted by molar-refractivity contribution is 14.0. The van der Waals surface area contributed by atoms with Gasteiger partial charge in [-0.1, -0.05) is 24.3 Å². The van der Waals surface area contributed by atoms with Crippen LogP contribution in [-0.4, -0.2) is 68.9 Å². The number of guanidine groups is 1. The lowest BCUT2D eigenvalue weighted by molar-refractivity contribution is -0.00834. The molecule has 2 heterocycles. The van der Waals surface area contributed by atoms with Crippen LogP contribution in [0.2, 0.25) is 0 Å². The number of rotatable bonds is 7. The van der Waals surface area contributed by atoms with E-state index in [4.69, 9.17) is 9.73 Å². The number of aliphatic imine (C=N–C) groups is 1. The Balaban J connectivity index is 0.00000300. The molecule has 0 spiro atoms. The van der Waals surface area contributed by atoms with Crippen molar-refractivity contribution in [3.05, 3.63) is 42.0 Å². The van der Waals surface area contributed by atoms with E-state index in [2.05, 4.69) is 77.6 Å². The van der Waals surface area contributed by atoms with Crippen LogP contribution in [0.15, 0.2) is 41.4 Å². The van der Waals surface area contributed by atoms with Crippen molar-refractivity contribution in [3.63, 3.8) is 0 Å². The van der Waals surface area contributed by atoms with Crippen LogP contribution in [0, 0.1) is 0 Å². The van der Waals surface area contributed by atoms with Crippen molar-refractivity contribution in [3.8, 4) is 0 Å². The molecule has 0 unspecified atom stereocenters. The van der Waals surface area contributed by atoms with Gasteiger partial charge in [0.1, 0.15) is 0 Å². The summed E-state index contributed by atoms with van der Waals surface area (Å²) in [5, 5.41) is 6.91. The predicted molar refractivity (Wildman–Crippen MR) is 132 cm³/mol. The molecule has 2 aliphatic rings. The molecule has 7 heteroatoms. The number of hydrogen-bond acceptors (Lipinski definition) is 4. The molecule has 3 rings (SSSR count). The zero-order chi connectivity index (χ0) is 19.8. The Hall–Kier alpha value is -1.32. The van der Waals surface area contributed by atoms with Crippen LogP contribution in [0.25, 0.3) is 0 Å². The first-order valence-corrected chi connectivity index (χ1v) is 10.4. The number of nitrogens with zero attached hydrogens (tertiary/aromatic N) is 3. The van der Waals surface area contributed by atoms with E-state index >= 15 is 0 Å². The Morgan fingerprint density at radius 3 is 2.55 bits per heavy atom. The van der Waals surface area contributed by atoms with Gasteiger partial charge in [-0.2, -0.15) is 0 Å². The minimum absolute atomic E-state index is 0. The molecule has 1 fully saturated rings. The highest BCUT2D eigenvalue weighted by atomic mass is 127. The van der Waals surface area contributed by atoms with Crippen molar-refractivity contribution in [2.75, 3.05) is 57.4 Å². The SMILES string of the molecule is CCNC(=NCc1cccc(N2CC=CC2)c1)NCC(C)(C)N1CCOCC1.I. The Bertz CT molecular complexity index is 678. The van der Waals surface area contributed by atoms with Gasteiger partial charge in [-0.3, -0.25) is 4.90 Å². The Labute approximate surface area is 192 Å². The number of benzene rings is 1. The quantitative estimate of drug-likeness (QED) is 0.254. The second-order valence-corrected chi connectivity index (χ2v) is 8.01. The Morgan fingerprint density at radius 2 is 1.86 bits per heavy atom. The van der Waals surface area contributed by atoms with Gasteiger partial charge in [0.25, 0.3) is 0 Å². The molecule has 6 nitrogen and oxygen atoms in total. The van der Waals surface area contributed by atoms with Crippen LogP contribution < -0.4 is 15.5 Å². The summed E-state index contributed by atoms with van der Waals surface area (Å²) in [7, 11) is 0. The molecule has 1 saturated heterocycles. The third kappa shape index (κ3) is 7.15. The van der Waals surface area contributed by atoms with E-state index in [1.807, 2.05) is 0 Å². The lowest BCUT2D eigenvalue weighted by atomic mass is 10.0. The van der Waals surface area contributed by atoms with E-state index in [9.17, 15) is 0 Å². The molecule has 1 aromatic carbocycles. The van der Waals surface area contributed by atoms with Crippen molar-refractivity contribution in [1.82, 2.24) is 15.5 Å². The molecule has 29 heavy (non-hydrogen) atoms. The van der Waals surface area contributed by atoms with Gasteiger partial charge in [0.2, 0.25) is 0 Å². The predicted octanol–water partition coefficient (Wildman–Crippen LogP) is 2.85. The zero-order valence-electron chi connectivity index (χ0n) is 18.0. The maximum Gasteiger partial charge on any atom is 0.191 e. The molecule has 0 aliphatic carbocycles. The van der Waals surface area contributed by atoms with Gasteiger partial charge in [0, 0.05) is 50.5 Å². The third-order valence-corrected chi connectivity index (χ3v) is 5.41. The van der Waals surface area contributed by atoms with Crippen molar-refractivity contribution in [1.29, 1.82) is 0 Å². The maximum atomic E-state index is 5.49. The highest BCUT2D eigenvalue weighted by Crippen LogP contribution is 2.19. The monoisotopic (exact) mass is 513 g/mol. The van der Waals surface area contributed by atoms with E-state index in [1.165, 1.54) is 11.3 Å². The van der Waals surface area contributed by atoms with Gasteiger partial charge in [-0.15, -0.1) is 24.0 Å².